The smallest absolute Gasteiger partial charge is 0.259 e. The minimum atomic E-state index is -1.17. The number of aliphatic hydroxyl groups excluding tert-OH is 2. The number of nitrogens with one attached hydrogen (secondary N) is 1. The van der Waals surface area contributed by atoms with E-state index < -0.39 is 24.5 Å². The average molecular weight is 465 g/mol. The molecule has 3 saturated heterocycles. The first-order valence-corrected chi connectivity index (χ1v) is 11.5. The Bertz CT molecular complexity index is 948. The van der Waals surface area contributed by atoms with E-state index in [2.05, 4.69) is 20.3 Å². The van der Waals surface area contributed by atoms with Gasteiger partial charge in [-0.25, -0.2) is 15.0 Å². The molecule has 0 saturated carbocycles. The van der Waals surface area contributed by atoms with Crippen LogP contribution in [-0.4, -0.2) is 97.1 Å². The number of aliphatic hydroxyl groups is 2. The van der Waals surface area contributed by atoms with Gasteiger partial charge in [0.05, 0.1) is 19.0 Å². The molecule has 3 N–H and O–H groups in total. The molecule has 5 heterocycles. The number of hydrogen-bond donors (Lipinski definition) is 3. The number of nitrogens with zero attached hydrogens (tertiary/aromatic N) is 5. The summed E-state index contributed by atoms with van der Waals surface area (Å²) in [6.45, 7) is 3.14. The van der Waals surface area contributed by atoms with Gasteiger partial charge in [-0.05, 0) is 37.9 Å². The topological polar surface area (TPSA) is 127 Å². The van der Waals surface area contributed by atoms with Crippen molar-refractivity contribution in [3.63, 3.8) is 0 Å². The number of ether oxygens (including phenoxy) is 3. The molecule has 11 nitrogen and oxygen atoms in total. The van der Waals surface area contributed by atoms with Gasteiger partial charge in [-0.3, -0.25) is 4.57 Å². The van der Waals surface area contributed by atoms with Crippen molar-refractivity contribution in [1.82, 2.24) is 24.4 Å². The van der Waals surface area contributed by atoms with E-state index in [9.17, 15) is 10.2 Å². The van der Waals surface area contributed by atoms with Gasteiger partial charge in [-0.1, -0.05) is 0 Å². The fraction of sp³-hybridized carbons (Fsp3) is 0.700. The van der Waals surface area contributed by atoms with Crippen LogP contribution in [0.15, 0.2) is 12.7 Å². The van der Waals surface area contributed by atoms with Crippen molar-refractivity contribution >= 4 is 34.4 Å². The van der Waals surface area contributed by atoms with Gasteiger partial charge in [0, 0.05) is 19.7 Å². The molecule has 12 heteroatoms. The van der Waals surface area contributed by atoms with Gasteiger partial charge in [0.25, 0.3) is 5.17 Å². The molecule has 0 amide bonds. The van der Waals surface area contributed by atoms with Crippen LogP contribution < -0.4 is 5.32 Å². The maximum absolute atomic E-state index is 10.7. The standard InChI is InChI=1S/C20H28N6O5S/c27-15-13(9-30-20(32)25-5-2-1-3-6-25)31-19(16(15)28)26-11-23-14-17(21-10-22-18(14)26)24-12-4-7-29-8-12/h10-13,15-16,19,27-28H,1-9H2,(H,21,22,24)/t12-,13-,15-,16-,19-/m1/s1. The van der Waals surface area contributed by atoms with E-state index in [1.807, 2.05) is 4.90 Å². The first kappa shape index (κ1) is 21.7. The third-order valence-corrected chi connectivity index (χ3v) is 6.60. The molecule has 0 aliphatic carbocycles. The lowest BCUT2D eigenvalue weighted by molar-refractivity contribution is -0.0504. The molecule has 3 aliphatic heterocycles. The lowest BCUT2D eigenvalue weighted by Crippen LogP contribution is -2.39. The Labute approximate surface area is 190 Å². The molecule has 0 unspecified atom stereocenters. The summed E-state index contributed by atoms with van der Waals surface area (Å²) in [6, 6.07) is 0.165. The van der Waals surface area contributed by atoms with Crippen molar-refractivity contribution < 1.29 is 24.4 Å². The van der Waals surface area contributed by atoms with Gasteiger partial charge in [-0.2, -0.15) is 0 Å². The average Bonchev–Trinajstić information content (AvgIpc) is 3.54. The lowest BCUT2D eigenvalue weighted by atomic mass is 10.1. The Balaban J connectivity index is 1.27. The van der Waals surface area contributed by atoms with E-state index in [1.165, 1.54) is 19.1 Å². The highest BCUT2D eigenvalue weighted by molar-refractivity contribution is 7.80. The Morgan fingerprint density at radius 2 is 2.03 bits per heavy atom. The summed E-state index contributed by atoms with van der Waals surface area (Å²) in [4.78, 5) is 15.1. The molecule has 5 rings (SSSR count). The molecule has 174 valence electrons. The van der Waals surface area contributed by atoms with Crippen LogP contribution in [-0.2, 0) is 14.2 Å². The summed E-state index contributed by atoms with van der Waals surface area (Å²) >= 11 is 5.38. The molecule has 5 atom stereocenters. The second-order valence-corrected chi connectivity index (χ2v) is 8.77. The summed E-state index contributed by atoms with van der Waals surface area (Å²) in [6.07, 6.45) is 3.37. The van der Waals surface area contributed by atoms with Crippen molar-refractivity contribution in [3.05, 3.63) is 12.7 Å². The molecule has 3 fully saturated rings. The van der Waals surface area contributed by atoms with Crippen LogP contribution in [0.1, 0.15) is 31.9 Å². The van der Waals surface area contributed by atoms with Gasteiger partial charge >= 0.3 is 0 Å². The molecule has 0 radical (unpaired) electrons. The fourth-order valence-corrected chi connectivity index (χ4v) is 4.65. The van der Waals surface area contributed by atoms with Gasteiger partial charge in [0.1, 0.15) is 31.2 Å². The lowest BCUT2D eigenvalue weighted by Gasteiger charge is -2.29. The quantitative estimate of drug-likeness (QED) is 0.533. The predicted octanol–water partition coefficient (Wildman–Crippen LogP) is 0.434. The molecule has 2 aromatic heterocycles. The molecule has 0 spiro atoms. The molecular weight excluding hydrogens is 436 g/mol. The van der Waals surface area contributed by atoms with Gasteiger partial charge < -0.3 is 34.6 Å². The van der Waals surface area contributed by atoms with Crippen LogP contribution in [0.4, 0.5) is 5.82 Å². The number of likely N-dealkylation sites (tertiary alicyclic amines) is 1. The minimum absolute atomic E-state index is 0.0557. The number of piperidine rings is 1. The van der Waals surface area contributed by atoms with Crippen molar-refractivity contribution in [2.24, 2.45) is 0 Å². The Morgan fingerprint density at radius 1 is 1.19 bits per heavy atom. The SMILES string of the molecule is O[C@@H]1[C@H](O)[C@@H](COC(=S)N2CCCCC2)O[C@H]1n1cnc2c(N[C@@H]3CCOC3)ncnc21. The largest absolute Gasteiger partial charge is 0.468 e. The van der Waals surface area contributed by atoms with E-state index in [0.29, 0.717) is 35.4 Å². The molecule has 32 heavy (non-hydrogen) atoms. The van der Waals surface area contributed by atoms with Crippen molar-refractivity contribution in [2.75, 3.05) is 38.2 Å². The van der Waals surface area contributed by atoms with E-state index in [-0.39, 0.29) is 12.6 Å². The number of rotatable bonds is 5. The van der Waals surface area contributed by atoms with Crippen molar-refractivity contribution in [3.8, 4) is 0 Å². The number of aromatic nitrogens is 4. The van der Waals surface area contributed by atoms with E-state index in [1.54, 1.807) is 4.57 Å². The van der Waals surface area contributed by atoms with Crippen LogP contribution in [0, 0.1) is 0 Å². The maximum Gasteiger partial charge on any atom is 0.259 e. The minimum Gasteiger partial charge on any atom is -0.468 e. The number of fused-ring (bicyclic) bond motifs is 1. The summed E-state index contributed by atoms with van der Waals surface area (Å²) in [7, 11) is 0. The van der Waals surface area contributed by atoms with Crippen molar-refractivity contribution in [1.29, 1.82) is 0 Å². The van der Waals surface area contributed by atoms with Crippen LogP contribution >= 0.6 is 12.2 Å². The van der Waals surface area contributed by atoms with Crippen LogP contribution in [0.3, 0.4) is 0 Å². The predicted molar refractivity (Wildman–Crippen MR) is 118 cm³/mol. The second-order valence-electron chi connectivity index (χ2n) is 8.42. The summed E-state index contributed by atoms with van der Waals surface area (Å²) in [5, 5.41) is 25.0. The van der Waals surface area contributed by atoms with E-state index in [4.69, 9.17) is 26.4 Å². The summed E-state index contributed by atoms with van der Waals surface area (Å²) in [5.41, 5.74) is 1.07. The summed E-state index contributed by atoms with van der Waals surface area (Å²) < 4.78 is 18.7. The zero-order valence-corrected chi connectivity index (χ0v) is 18.5. The number of thiocarbonyl (C=S) groups is 1. The first-order chi connectivity index (χ1) is 15.6. The van der Waals surface area contributed by atoms with Gasteiger partial charge in [0.15, 0.2) is 23.2 Å². The Kier molecular flexibility index (Phi) is 6.37. The maximum atomic E-state index is 10.7. The normalized spacial score (nSPS) is 30.7. The molecule has 2 aromatic rings. The molecular formula is C20H28N6O5S. The molecule has 0 bridgehead atoms. The Hall–Kier alpha value is -2.12. The van der Waals surface area contributed by atoms with Crippen LogP contribution in [0.25, 0.3) is 11.2 Å². The molecule has 3 aliphatic rings. The zero-order valence-electron chi connectivity index (χ0n) is 17.7. The van der Waals surface area contributed by atoms with Crippen LogP contribution in [0.2, 0.25) is 0 Å². The number of imidazole rings is 1. The van der Waals surface area contributed by atoms with Crippen molar-refractivity contribution in [2.45, 2.75) is 56.3 Å². The first-order valence-electron chi connectivity index (χ1n) is 11.1. The number of hydrogen-bond acceptors (Lipinski definition) is 10. The van der Waals surface area contributed by atoms with Crippen LogP contribution in [0.5, 0.6) is 0 Å². The van der Waals surface area contributed by atoms with Gasteiger partial charge in [0.2, 0.25) is 0 Å². The fourth-order valence-electron chi connectivity index (χ4n) is 4.40. The van der Waals surface area contributed by atoms with Gasteiger partial charge in [-0.15, -0.1) is 0 Å². The molecule has 0 aromatic carbocycles. The third kappa shape index (κ3) is 4.25. The zero-order chi connectivity index (χ0) is 22.1. The third-order valence-electron chi connectivity index (χ3n) is 6.23. The van der Waals surface area contributed by atoms with E-state index >= 15 is 0 Å². The highest BCUT2D eigenvalue weighted by Crippen LogP contribution is 2.32. The monoisotopic (exact) mass is 464 g/mol. The highest BCUT2D eigenvalue weighted by atomic mass is 32.1. The Morgan fingerprint density at radius 3 is 2.81 bits per heavy atom. The second kappa shape index (κ2) is 9.40. The highest BCUT2D eigenvalue weighted by Gasteiger charge is 2.45. The van der Waals surface area contributed by atoms with E-state index in [0.717, 1.165) is 32.4 Å². The number of anilines is 1. The summed E-state index contributed by atoms with van der Waals surface area (Å²) in [5.74, 6) is 0.601.